The number of nitrogens with one attached hydrogen (secondary N) is 1. The zero-order valence-electron chi connectivity index (χ0n) is 15.4. The maximum Gasteiger partial charge on any atom is 0.311 e. The number of rotatable bonds is 7. The van der Waals surface area contributed by atoms with Gasteiger partial charge >= 0.3 is 5.92 Å². The van der Waals surface area contributed by atoms with Gasteiger partial charge in [0.1, 0.15) is 17.3 Å². The second kappa shape index (κ2) is 7.83. The summed E-state index contributed by atoms with van der Waals surface area (Å²) in [4.78, 5) is 18.8. The number of ketones is 1. The number of alkyl halides is 2. The minimum absolute atomic E-state index is 0.0819. The number of fused-ring (bicyclic) bond motifs is 1. The molecule has 4 rings (SSSR count). The number of halogens is 2. The Balaban J connectivity index is 1.39. The fourth-order valence-corrected chi connectivity index (χ4v) is 3.05. The zero-order chi connectivity index (χ0) is 20.3. The monoisotopic (exact) mass is 392 g/mol. The molecule has 0 atom stereocenters. The molecule has 0 aliphatic heterocycles. The molecule has 0 amide bonds. The van der Waals surface area contributed by atoms with Crippen molar-refractivity contribution in [2.24, 2.45) is 0 Å². The molecule has 6 heteroatoms. The molecule has 29 heavy (non-hydrogen) atoms. The maximum absolute atomic E-state index is 14.5. The third-order valence-corrected chi connectivity index (χ3v) is 4.46. The molecule has 3 aromatic carbocycles. The van der Waals surface area contributed by atoms with Crippen LogP contribution in [0, 0.1) is 0 Å². The second-order valence-corrected chi connectivity index (χ2v) is 6.76. The number of benzene rings is 3. The molecule has 0 aliphatic carbocycles. The predicted octanol–water partition coefficient (Wildman–Crippen LogP) is 5.65. The van der Waals surface area contributed by atoms with Gasteiger partial charge < -0.3 is 9.72 Å². The second-order valence-electron chi connectivity index (χ2n) is 6.76. The Bertz CT molecular complexity index is 1090. The Kier molecular flexibility index (Phi) is 5.08. The van der Waals surface area contributed by atoms with E-state index in [0.717, 1.165) is 0 Å². The summed E-state index contributed by atoms with van der Waals surface area (Å²) >= 11 is 0. The number of imidazole rings is 1. The van der Waals surface area contributed by atoms with Gasteiger partial charge in [0, 0.05) is 6.42 Å². The number of Topliss-reactive ketones (excluding diaryl/α,β-unsaturated/α-hetero) is 1. The maximum atomic E-state index is 14.5. The Morgan fingerprint density at radius 2 is 1.55 bits per heavy atom. The molecule has 0 bridgehead atoms. The largest absolute Gasteiger partial charge is 0.457 e. The number of carbonyl (C=O) groups excluding carboxylic acids is 1. The minimum atomic E-state index is -3.35. The molecule has 0 saturated carbocycles. The Morgan fingerprint density at radius 1 is 0.897 bits per heavy atom. The lowest BCUT2D eigenvalue weighted by Gasteiger charge is -2.13. The summed E-state index contributed by atoms with van der Waals surface area (Å²) in [5.74, 6) is -3.10. The lowest BCUT2D eigenvalue weighted by Crippen LogP contribution is -2.21. The van der Waals surface area contributed by atoms with Gasteiger partial charge in [0.05, 0.1) is 17.5 Å². The molecule has 146 valence electrons. The topological polar surface area (TPSA) is 55.0 Å². The molecule has 1 heterocycles. The van der Waals surface area contributed by atoms with Gasteiger partial charge in [-0.05, 0) is 42.0 Å². The average molecular weight is 392 g/mol. The van der Waals surface area contributed by atoms with Crippen LogP contribution in [0.25, 0.3) is 11.0 Å². The van der Waals surface area contributed by atoms with E-state index in [-0.39, 0.29) is 6.42 Å². The number of H-pyrrole nitrogens is 1. The van der Waals surface area contributed by atoms with Crippen molar-refractivity contribution in [1.29, 1.82) is 0 Å². The van der Waals surface area contributed by atoms with Crippen LogP contribution >= 0.6 is 0 Å². The molecule has 0 saturated heterocycles. The van der Waals surface area contributed by atoms with E-state index in [9.17, 15) is 13.6 Å². The van der Waals surface area contributed by atoms with Gasteiger partial charge in [-0.25, -0.2) is 4.98 Å². The van der Waals surface area contributed by atoms with Gasteiger partial charge in [-0.3, -0.25) is 4.79 Å². The van der Waals surface area contributed by atoms with Crippen molar-refractivity contribution >= 4 is 16.8 Å². The highest BCUT2D eigenvalue weighted by Crippen LogP contribution is 2.32. The summed E-state index contributed by atoms with van der Waals surface area (Å²) in [6, 6.07) is 22.9. The molecule has 0 spiro atoms. The molecule has 4 nitrogen and oxygen atoms in total. The van der Waals surface area contributed by atoms with E-state index >= 15 is 0 Å². The van der Waals surface area contributed by atoms with Crippen LogP contribution < -0.4 is 4.74 Å². The van der Waals surface area contributed by atoms with Crippen LogP contribution in [0.15, 0.2) is 78.9 Å². The number of aromatic nitrogens is 2. The lowest BCUT2D eigenvalue weighted by atomic mass is 10.0. The summed E-state index contributed by atoms with van der Waals surface area (Å²) in [6.07, 6.45) is -0.990. The van der Waals surface area contributed by atoms with Crippen molar-refractivity contribution in [2.75, 3.05) is 0 Å². The van der Waals surface area contributed by atoms with E-state index in [0.29, 0.717) is 28.1 Å². The Labute approximate surface area is 166 Å². The van der Waals surface area contributed by atoms with Crippen LogP contribution in [-0.4, -0.2) is 15.8 Å². The van der Waals surface area contributed by atoms with Gasteiger partial charge in [0.15, 0.2) is 5.82 Å². The van der Waals surface area contributed by atoms with Crippen LogP contribution in [0.3, 0.4) is 0 Å². The lowest BCUT2D eigenvalue weighted by molar-refractivity contribution is -0.126. The van der Waals surface area contributed by atoms with Crippen molar-refractivity contribution < 1.29 is 18.3 Å². The first kappa shape index (κ1) is 18.8. The van der Waals surface area contributed by atoms with E-state index in [1.807, 2.05) is 30.3 Å². The predicted molar refractivity (Wildman–Crippen MR) is 106 cm³/mol. The number of nitrogens with zero attached hydrogens (tertiary/aromatic N) is 1. The number of hydrogen-bond acceptors (Lipinski definition) is 3. The van der Waals surface area contributed by atoms with Crippen molar-refractivity contribution in [3.63, 3.8) is 0 Å². The van der Waals surface area contributed by atoms with E-state index < -0.39 is 24.0 Å². The third kappa shape index (κ3) is 4.48. The molecule has 0 fully saturated rings. The Morgan fingerprint density at radius 3 is 2.28 bits per heavy atom. The summed E-state index contributed by atoms with van der Waals surface area (Å²) < 4.78 is 34.7. The highest BCUT2D eigenvalue weighted by molar-refractivity contribution is 5.82. The summed E-state index contributed by atoms with van der Waals surface area (Å²) in [5, 5.41) is 0. The van der Waals surface area contributed by atoms with E-state index in [2.05, 4.69) is 9.97 Å². The first-order valence-corrected chi connectivity index (χ1v) is 9.16. The van der Waals surface area contributed by atoms with Crippen LogP contribution in [0.4, 0.5) is 8.78 Å². The van der Waals surface area contributed by atoms with Crippen molar-refractivity contribution in [2.45, 2.75) is 18.8 Å². The molecule has 0 radical (unpaired) electrons. The SMILES string of the molecule is O=C(Cc1ccc(Oc2ccccc2)cc1)CC(F)(F)c1nc2ccccc2[nH]1. The van der Waals surface area contributed by atoms with Gasteiger partial charge in [0.2, 0.25) is 0 Å². The number of aromatic amines is 1. The van der Waals surface area contributed by atoms with Crippen molar-refractivity contribution in [1.82, 2.24) is 9.97 Å². The standard InChI is InChI=1S/C23H18F2N2O2/c24-23(25,22-26-20-8-4-5-9-21(20)27-22)15-17(28)14-16-10-12-19(13-11-16)29-18-6-2-1-3-7-18/h1-13H,14-15H2,(H,26,27). The molecule has 1 aromatic heterocycles. The molecule has 1 N–H and O–H groups in total. The number of hydrogen-bond donors (Lipinski definition) is 1. The van der Waals surface area contributed by atoms with Crippen LogP contribution in [0.5, 0.6) is 11.5 Å². The summed E-state index contributed by atoms with van der Waals surface area (Å²) in [5.41, 5.74) is 1.61. The van der Waals surface area contributed by atoms with E-state index in [1.54, 1.807) is 48.5 Å². The van der Waals surface area contributed by atoms with Gasteiger partial charge in [-0.1, -0.05) is 42.5 Å². The van der Waals surface area contributed by atoms with Gasteiger partial charge in [-0.2, -0.15) is 8.78 Å². The van der Waals surface area contributed by atoms with Crippen LogP contribution in [0.1, 0.15) is 17.8 Å². The average Bonchev–Trinajstić information content (AvgIpc) is 3.15. The van der Waals surface area contributed by atoms with Gasteiger partial charge in [-0.15, -0.1) is 0 Å². The fourth-order valence-electron chi connectivity index (χ4n) is 3.05. The Hall–Kier alpha value is -3.54. The van der Waals surface area contributed by atoms with E-state index in [4.69, 9.17) is 4.74 Å². The van der Waals surface area contributed by atoms with Crippen molar-refractivity contribution in [3.8, 4) is 11.5 Å². The summed E-state index contributed by atoms with van der Waals surface area (Å²) in [6.45, 7) is 0. The van der Waals surface area contributed by atoms with E-state index in [1.165, 1.54) is 0 Å². The van der Waals surface area contributed by atoms with Crippen LogP contribution in [0.2, 0.25) is 0 Å². The normalized spacial score (nSPS) is 11.5. The number of para-hydroxylation sites is 3. The molecule has 0 aliphatic rings. The fraction of sp³-hybridized carbons (Fsp3) is 0.130. The molecular weight excluding hydrogens is 374 g/mol. The molecule has 4 aromatic rings. The third-order valence-electron chi connectivity index (χ3n) is 4.46. The molecule has 0 unspecified atom stereocenters. The number of carbonyl (C=O) groups is 1. The number of ether oxygens (including phenoxy) is 1. The highest BCUT2D eigenvalue weighted by atomic mass is 19.3. The minimum Gasteiger partial charge on any atom is -0.457 e. The zero-order valence-corrected chi connectivity index (χ0v) is 15.4. The quantitative estimate of drug-likeness (QED) is 0.442. The van der Waals surface area contributed by atoms with Gasteiger partial charge in [0.25, 0.3) is 0 Å². The smallest absolute Gasteiger partial charge is 0.311 e. The molecular formula is C23H18F2N2O2. The summed E-state index contributed by atoms with van der Waals surface area (Å²) in [7, 11) is 0. The van der Waals surface area contributed by atoms with Crippen molar-refractivity contribution in [3.05, 3.63) is 90.3 Å². The first-order chi connectivity index (χ1) is 14.0. The highest BCUT2D eigenvalue weighted by Gasteiger charge is 2.37. The van der Waals surface area contributed by atoms with Crippen LogP contribution in [-0.2, 0) is 17.1 Å². The first-order valence-electron chi connectivity index (χ1n) is 9.16.